The zero-order valence-electron chi connectivity index (χ0n) is 55.9. The van der Waals surface area contributed by atoms with Gasteiger partial charge in [0.25, 0.3) is 5.56 Å². The van der Waals surface area contributed by atoms with Crippen molar-refractivity contribution in [2.45, 2.75) is 123 Å². The van der Waals surface area contributed by atoms with Gasteiger partial charge in [-0.15, -0.1) is 0 Å². The Hall–Kier alpha value is -8.34. The van der Waals surface area contributed by atoms with Crippen LogP contribution in [-0.2, 0) is 87.2 Å². The Morgan fingerprint density at radius 2 is 0.607 bits per heavy atom. The molecular weight excluding hydrogens is 1620 g/mol. The normalized spacial score (nSPS) is 31.3. The summed E-state index contributed by atoms with van der Waals surface area (Å²) in [7, 11) is -28.4. The second kappa shape index (κ2) is 30.1. The van der Waals surface area contributed by atoms with Crippen LogP contribution in [0.5, 0.6) is 0 Å². The number of anilines is 5. The Morgan fingerprint density at radius 1 is 0.348 bits per heavy atom. The number of H-pyrrole nitrogens is 1. The molecule has 5 aliphatic rings. The molecule has 5 saturated heterocycles. The Labute approximate surface area is 618 Å². The van der Waals surface area contributed by atoms with Gasteiger partial charge in [-0.05, 0) is 0 Å². The van der Waals surface area contributed by atoms with Crippen molar-refractivity contribution in [2.75, 3.05) is 61.7 Å². The molecule has 0 spiro atoms. The minimum absolute atomic E-state index is 0.00246. The SMILES string of the molecule is Nc1nc2c(ncn2[C@@H]2O[C@H](COP(=O)(O)O[C@H]3[C@@H](O)[C@H](n4cnc5c(N)ncnc54)O[C@@H]3COP(=O)(O)O[C@H]3[C@@H](O)[C@H](n4cnc5c(N)ncnc54)O[C@@H]3COP(=O)(O)O)[C@@H](OP(=O)(O)OC[C@H]3O[C@@H](n4cnc5c(N)ncnc54)[C@H](O)[C@@H]3OP(=O)(O)OC[C@H]3O[C@@H](n4cnc5c(N)ncnc54)[C@H](O)[C@@H]3O)[C@H]2O)c(=O)[nH]1. The summed E-state index contributed by atoms with van der Waals surface area (Å²) in [5.41, 5.74) is 27.8. The first-order valence-electron chi connectivity index (χ1n) is 32.1. The van der Waals surface area contributed by atoms with Gasteiger partial charge >= 0.3 is 39.1 Å². The number of phosphoric ester groups is 5. The van der Waals surface area contributed by atoms with E-state index in [0.29, 0.717) is 0 Å². The van der Waals surface area contributed by atoms with E-state index >= 15 is 0 Å². The second-order valence-electron chi connectivity index (χ2n) is 25.0. The van der Waals surface area contributed by atoms with E-state index in [1.165, 1.54) is 10.9 Å². The van der Waals surface area contributed by atoms with E-state index in [1.807, 2.05) is 0 Å². The monoisotopic (exact) mass is 1680 g/mol. The number of ether oxygens (including phenoxy) is 5. The number of hydrogen-bond acceptors (Lipinski definition) is 45. The Bertz CT molecular complexity index is 5530. The third kappa shape index (κ3) is 15.4. The van der Waals surface area contributed by atoms with Crippen molar-refractivity contribution in [1.82, 2.24) is 97.6 Å². The number of nitrogens with two attached hydrogens (primary N) is 5. The van der Waals surface area contributed by atoms with Crippen LogP contribution in [-0.4, -0.2) is 282 Å². The van der Waals surface area contributed by atoms with Crippen LogP contribution in [0.3, 0.4) is 0 Å². The van der Waals surface area contributed by atoms with Crippen LogP contribution in [0.25, 0.3) is 55.8 Å². The molecule has 62 heteroatoms. The Balaban J connectivity index is 0.670. The fraction of sp³-hybridized carbons (Fsp3) is 0.500. The largest absolute Gasteiger partial charge is 0.472 e. The number of nitrogens with one attached hydrogen (secondary N) is 1. The molecule has 0 aromatic carbocycles. The maximum Gasteiger partial charge on any atom is 0.472 e. The first-order valence-corrected chi connectivity index (χ1v) is 39.7. The van der Waals surface area contributed by atoms with Crippen molar-refractivity contribution in [3.63, 3.8) is 0 Å². The second-order valence-corrected chi connectivity index (χ2v) is 31.9. The summed E-state index contributed by atoms with van der Waals surface area (Å²) in [5, 5.41) is 69.8. The van der Waals surface area contributed by atoms with Gasteiger partial charge in [-0.3, -0.25) is 73.3 Å². The highest BCUT2D eigenvalue weighted by Crippen LogP contribution is 2.56. The van der Waals surface area contributed by atoms with E-state index in [1.54, 1.807) is 0 Å². The van der Waals surface area contributed by atoms with Gasteiger partial charge < -0.3 is 112 Å². The molecule has 5 aliphatic heterocycles. The van der Waals surface area contributed by atoms with Crippen molar-refractivity contribution in [1.29, 1.82) is 0 Å². The van der Waals surface area contributed by atoms with Crippen molar-refractivity contribution < 1.29 is 147 Å². The highest BCUT2D eigenvalue weighted by Gasteiger charge is 2.57. The van der Waals surface area contributed by atoms with E-state index < -0.39 is 218 Å². The molecule has 10 aromatic rings. The van der Waals surface area contributed by atoms with Crippen LogP contribution >= 0.6 is 39.1 Å². The lowest BCUT2D eigenvalue weighted by Crippen LogP contribution is -2.38. The standard InChI is InChI=1S/C50H62N25O32P5/c51-35-20-39(60-6-56-35)71(10-64-20)45-26(77)25(76)15(99-45)1-95-109(86,87)105-32-17(101-47(28(32)79)73-12-66-22-37(53)58-8-62-41(22)73)3-97-112(92,93)107-34-19(103-49(30(34)81)75-14-68-24-43(75)69-50(55)70-44(24)82)5-98-111(90,91)106-33-18(102-48(29(33)80)74-13-67-23-38(54)59-9-63-42(23)74)4-96-110(88,89)104-31-16(2-94-108(83,84)85)100-46(27(31)78)72-11-65-21-36(52)57-7-61-40(21)72/h6-19,25-34,45-49,76-81H,1-5H2,(H,86,87)(H,88,89)(H,90,91)(H,92,93)(H2,51,56,60)(H2,52,57,61)(H2,53,58,62)(H2,54,59,63)(H2,83,84,85)(H3,55,69,70,82)/t15-,16-,17-,18-,19-,25-,26-,27-,28-,29-,30-,31-,32-,33-,34-,45-,46-,47-,48-,49-/m1/s1. The zero-order valence-corrected chi connectivity index (χ0v) is 60.4. The smallest absolute Gasteiger partial charge is 0.387 e. The summed E-state index contributed by atoms with van der Waals surface area (Å²) in [6.07, 6.45) is -29.9. The predicted octanol–water partition coefficient (Wildman–Crippen LogP) is -5.84. The van der Waals surface area contributed by atoms with Gasteiger partial charge in [0.2, 0.25) is 5.95 Å². The average Bonchev–Trinajstić information content (AvgIpc) is 1.63. The summed E-state index contributed by atoms with van der Waals surface area (Å²) in [5.74, 6) is -0.984. The third-order valence-corrected chi connectivity index (χ3v) is 22.4. The molecule has 0 saturated carbocycles. The number of aromatic nitrogens is 20. The van der Waals surface area contributed by atoms with Gasteiger partial charge in [0, 0.05) is 0 Å². The first-order chi connectivity index (χ1) is 53.0. The van der Waals surface area contributed by atoms with Gasteiger partial charge in [-0.1, -0.05) is 0 Å². The van der Waals surface area contributed by atoms with Gasteiger partial charge in [0.1, 0.15) is 139 Å². The molecule has 0 amide bonds. The third-order valence-electron chi connectivity index (χ3n) is 18.0. The maximum atomic E-state index is 14.5. The highest BCUT2D eigenvalue weighted by atomic mass is 31.2. The van der Waals surface area contributed by atoms with E-state index in [0.717, 1.165) is 68.9 Å². The van der Waals surface area contributed by atoms with E-state index in [4.69, 9.17) is 88.5 Å². The molecule has 15 heterocycles. The summed E-state index contributed by atoms with van der Waals surface area (Å²) >= 11 is 0. The summed E-state index contributed by atoms with van der Waals surface area (Å²) in [6, 6.07) is 0. The molecule has 10 aromatic heterocycles. The van der Waals surface area contributed by atoms with Gasteiger partial charge in [0.05, 0.1) is 64.7 Å². The highest BCUT2D eigenvalue weighted by molar-refractivity contribution is 7.48. The molecule has 604 valence electrons. The van der Waals surface area contributed by atoms with E-state index in [-0.39, 0.29) is 67.9 Å². The van der Waals surface area contributed by atoms with Crippen LogP contribution in [0, 0.1) is 0 Å². The molecule has 112 heavy (non-hydrogen) atoms. The number of imidazole rings is 5. The lowest BCUT2D eigenvalue weighted by molar-refractivity contribution is -0.0641. The van der Waals surface area contributed by atoms with Gasteiger partial charge in [0.15, 0.2) is 88.2 Å². The number of nitrogens with zero attached hydrogens (tertiary/aromatic N) is 19. The van der Waals surface area contributed by atoms with Gasteiger partial charge in [-0.25, -0.2) is 87.6 Å². The maximum absolute atomic E-state index is 14.5. The molecule has 0 aliphatic carbocycles. The molecule has 24 atom stereocenters. The zero-order chi connectivity index (χ0) is 79.6. The Kier molecular flexibility index (Phi) is 21.2. The van der Waals surface area contributed by atoms with Crippen LogP contribution in [0.2, 0.25) is 0 Å². The van der Waals surface area contributed by atoms with Crippen LogP contribution < -0.4 is 34.2 Å². The number of aliphatic hydroxyl groups excluding tert-OH is 6. The van der Waals surface area contributed by atoms with Crippen molar-refractivity contribution in [3.05, 3.63) is 67.3 Å². The minimum Gasteiger partial charge on any atom is -0.387 e. The summed E-state index contributed by atoms with van der Waals surface area (Å²) in [4.78, 5) is 136. The van der Waals surface area contributed by atoms with Crippen LogP contribution in [0.4, 0.5) is 29.2 Å². The number of phosphoric acid groups is 5. The van der Waals surface area contributed by atoms with Crippen LogP contribution in [0.15, 0.2) is 61.7 Å². The molecule has 0 radical (unpaired) electrons. The number of rotatable bonds is 28. The lowest BCUT2D eigenvalue weighted by atomic mass is 10.1. The fourth-order valence-corrected chi connectivity index (χ4v) is 17.1. The first kappa shape index (κ1) is 78.9. The van der Waals surface area contributed by atoms with Crippen molar-refractivity contribution in [3.8, 4) is 0 Å². The van der Waals surface area contributed by atoms with Crippen molar-refractivity contribution in [2.24, 2.45) is 0 Å². The molecular formula is C50H62N25O32P5. The summed E-state index contributed by atoms with van der Waals surface area (Å²) in [6.45, 7) is -6.08. The van der Waals surface area contributed by atoms with Crippen molar-refractivity contribution >= 4 is 124 Å². The minimum atomic E-state index is -5.90. The molecule has 0 bridgehead atoms. The number of hydrogen-bond donors (Lipinski definition) is 18. The molecule has 15 rings (SSSR count). The molecule has 57 nitrogen and oxygen atoms in total. The fourth-order valence-electron chi connectivity index (χ4n) is 12.9. The van der Waals surface area contributed by atoms with E-state index in [2.05, 4.69) is 79.3 Å². The topological polar surface area (TPSA) is 825 Å². The molecule has 5 fully saturated rings. The predicted molar refractivity (Wildman–Crippen MR) is 358 cm³/mol. The Morgan fingerprint density at radius 3 is 0.911 bits per heavy atom. The number of aliphatic hydroxyl groups is 6. The average molecular weight is 1680 g/mol. The summed E-state index contributed by atoms with van der Waals surface area (Å²) < 4.78 is 152. The number of fused-ring (bicyclic) bond motifs is 5. The molecule has 23 N–H and O–H groups in total. The molecule has 4 unspecified atom stereocenters. The quantitative estimate of drug-likeness (QED) is 0.0203. The number of nitrogen functional groups attached to an aromatic ring is 5. The van der Waals surface area contributed by atoms with Gasteiger partial charge in [-0.2, -0.15) is 4.98 Å². The lowest BCUT2D eigenvalue weighted by Gasteiger charge is -2.27. The van der Waals surface area contributed by atoms with E-state index in [9.17, 15) is 87.6 Å². The van der Waals surface area contributed by atoms with Crippen LogP contribution in [0.1, 0.15) is 31.1 Å². The number of aromatic amines is 1.